The summed E-state index contributed by atoms with van der Waals surface area (Å²) in [6.07, 6.45) is 3.20. The van der Waals surface area contributed by atoms with Crippen molar-refractivity contribution in [3.8, 4) is 0 Å². The van der Waals surface area contributed by atoms with Crippen LogP contribution in [0.25, 0.3) is 0 Å². The number of aliphatic carboxylic acids is 1. The molecule has 0 aliphatic carbocycles. The molecule has 2 rings (SSSR count). The highest BCUT2D eigenvalue weighted by molar-refractivity contribution is 5.92. The van der Waals surface area contributed by atoms with Crippen molar-refractivity contribution >= 4 is 11.9 Å². The van der Waals surface area contributed by atoms with Gasteiger partial charge in [0, 0.05) is 26.1 Å². The van der Waals surface area contributed by atoms with Crippen LogP contribution >= 0.6 is 0 Å². The van der Waals surface area contributed by atoms with E-state index in [1.165, 1.54) is 0 Å². The van der Waals surface area contributed by atoms with Gasteiger partial charge in [-0.25, -0.2) is 0 Å². The van der Waals surface area contributed by atoms with E-state index in [0.29, 0.717) is 38.3 Å². The summed E-state index contributed by atoms with van der Waals surface area (Å²) in [4.78, 5) is 24.5. The molecule has 3 N–H and O–H groups in total. The summed E-state index contributed by atoms with van der Waals surface area (Å²) in [6, 6.07) is 0. The van der Waals surface area contributed by atoms with Gasteiger partial charge in [-0.2, -0.15) is 0 Å². The van der Waals surface area contributed by atoms with E-state index in [-0.39, 0.29) is 18.2 Å². The number of rotatable bonds is 6. The zero-order chi connectivity index (χ0) is 14.5. The first kappa shape index (κ1) is 14.4. The van der Waals surface area contributed by atoms with Crippen LogP contribution in [-0.4, -0.2) is 56.5 Å². The highest BCUT2D eigenvalue weighted by Crippen LogP contribution is 2.22. The van der Waals surface area contributed by atoms with Crippen molar-refractivity contribution in [1.29, 1.82) is 0 Å². The number of carboxylic acids is 1. The van der Waals surface area contributed by atoms with Crippen LogP contribution in [0, 0.1) is 5.92 Å². The second-order valence-electron chi connectivity index (χ2n) is 4.99. The monoisotopic (exact) mass is 281 g/mol. The van der Waals surface area contributed by atoms with Gasteiger partial charge in [0.25, 0.3) is 5.91 Å². The van der Waals surface area contributed by atoms with Crippen molar-refractivity contribution in [2.75, 3.05) is 19.6 Å². The number of hydrogen-bond donors (Lipinski definition) is 2. The molecular formula is C12H19N5O3. The van der Waals surface area contributed by atoms with E-state index in [1.54, 1.807) is 15.8 Å². The highest BCUT2D eigenvalue weighted by atomic mass is 16.4. The van der Waals surface area contributed by atoms with Crippen LogP contribution in [-0.2, 0) is 11.3 Å². The van der Waals surface area contributed by atoms with E-state index >= 15 is 0 Å². The Balaban J connectivity index is 1.88. The Labute approximate surface area is 116 Å². The largest absolute Gasteiger partial charge is 0.481 e. The second-order valence-corrected chi connectivity index (χ2v) is 4.99. The quantitative estimate of drug-likeness (QED) is 0.731. The van der Waals surface area contributed by atoms with Gasteiger partial charge in [-0.3, -0.25) is 14.3 Å². The SMILES string of the molecule is NCCn1cc(C(=O)N2CCC(CCC(=O)O)C2)nn1. The minimum atomic E-state index is -0.792. The molecule has 0 spiro atoms. The average molecular weight is 281 g/mol. The van der Waals surface area contributed by atoms with Crippen LogP contribution in [0.15, 0.2) is 6.20 Å². The Morgan fingerprint density at radius 1 is 1.50 bits per heavy atom. The molecule has 1 aromatic heterocycles. The molecule has 0 bridgehead atoms. The molecule has 0 aromatic carbocycles. The first-order valence-electron chi connectivity index (χ1n) is 6.71. The zero-order valence-corrected chi connectivity index (χ0v) is 11.2. The molecule has 20 heavy (non-hydrogen) atoms. The Kier molecular flexibility index (Phi) is 4.67. The molecule has 8 nitrogen and oxygen atoms in total. The van der Waals surface area contributed by atoms with Crippen molar-refractivity contribution in [1.82, 2.24) is 19.9 Å². The molecule has 1 atom stereocenters. The Morgan fingerprint density at radius 2 is 2.30 bits per heavy atom. The van der Waals surface area contributed by atoms with Crippen molar-refractivity contribution < 1.29 is 14.7 Å². The topological polar surface area (TPSA) is 114 Å². The third-order valence-corrected chi connectivity index (χ3v) is 3.46. The van der Waals surface area contributed by atoms with Gasteiger partial charge in [0.15, 0.2) is 5.69 Å². The molecule has 0 saturated carbocycles. The van der Waals surface area contributed by atoms with Gasteiger partial charge >= 0.3 is 5.97 Å². The molecular weight excluding hydrogens is 262 g/mol. The lowest BCUT2D eigenvalue weighted by molar-refractivity contribution is -0.137. The predicted molar refractivity (Wildman–Crippen MR) is 70.0 cm³/mol. The number of nitrogens with zero attached hydrogens (tertiary/aromatic N) is 4. The molecule has 1 unspecified atom stereocenters. The van der Waals surface area contributed by atoms with Crippen LogP contribution in [0.1, 0.15) is 29.8 Å². The van der Waals surface area contributed by atoms with Crippen LogP contribution in [0.2, 0.25) is 0 Å². The van der Waals surface area contributed by atoms with E-state index in [2.05, 4.69) is 10.3 Å². The van der Waals surface area contributed by atoms with Gasteiger partial charge < -0.3 is 15.7 Å². The number of nitrogens with two attached hydrogens (primary N) is 1. The lowest BCUT2D eigenvalue weighted by Crippen LogP contribution is -2.29. The molecule has 110 valence electrons. The highest BCUT2D eigenvalue weighted by Gasteiger charge is 2.28. The standard InChI is InChI=1S/C12H19N5O3/c13-4-6-17-8-10(14-15-17)12(20)16-5-3-9(7-16)1-2-11(18)19/h8-9H,1-7,13H2,(H,18,19). The van der Waals surface area contributed by atoms with Crippen LogP contribution in [0.4, 0.5) is 0 Å². The molecule has 0 radical (unpaired) electrons. The fraction of sp³-hybridized carbons (Fsp3) is 0.667. The summed E-state index contributed by atoms with van der Waals surface area (Å²) < 4.78 is 1.55. The van der Waals surface area contributed by atoms with E-state index < -0.39 is 5.97 Å². The van der Waals surface area contributed by atoms with Gasteiger partial charge in [0.1, 0.15) is 0 Å². The average Bonchev–Trinajstić information content (AvgIpc) is 3.05. The fourth-order valence-corrected chi connectivity index (χ4v) is 2.38. The zero-order valence-electron chi connectivity index (χ0n) is 11.2. The molecule has 1 aliphatic heterocycles. The minimum Gasteiger partial charge on any atom is -0.481 e. The van der Waals surface area contributed by atoms with Crippen molar-refractivity contribution in [2.24, 2.45) is 11.7 Å². The Hall–Kier alpha value is -1.96. The van der Waals surface area contributed by atoms with Crippen LogP contribution in [0.3, 0.4) is 0 Å². The first-order chi connectivity index (χ1) is 9.60. The summed E-state index contributed by atoms with van der Waals surface area (Å²) in [7, 11) is 0. The molecule has 1 saturated heterocycles. The lowest BCUT2D eigenvalue weighted by Gasteiger charge is -2.14. The van der Waals surface area contributed by atoms with Gasteiger partial charge in [0.2, 0.25) is 0 Å². The summed E-state index contributed by atoms with van der Waals surface area (Å²) >= 11 is 0. The maximum atomic E-state index is 12.2. The first-order valence-corrected chi connectivity index (χ1v) is 6.71. The van der Waals surface area contributed by atoms with E-state index in [0.717, 1.165) is 6.42 Å². The van der Waals surface area contributed by atoms with Gasteiger partial charge in [-0.05, 0) is 18.8 Å². The third kappa shape index (κ3) is 3.53. The lowest BCUT2D eigenvalue weighted by atomic mass is 10.0. The van der Waals surface area contributed by atoms with E-state index in [1.807, 2.05) is 0 Å². The van der Waals surface area contributed by atoms with Gasteiger partial charge in [-0.15, -0.1) is 5.10 Å². The van der Waals surface area contributed by atoms with Crippen molar-refractivity contribution in [3.05, 3.63) is 11.9 Å². The number of carbonyl (C=O) groups is 2. The molecule has 1 fully saturated rings. The molecule has 2 heterocycles. The number of likely N-dealkylation sites (tertiary alicyclic amines) is 1. The molecule has 1 aromatic rings. The Bertz CT molecular complexity index is 487. The molecule has 8 heteroatoms. The molecule has 1 aliphatic rings. The van der Waals surface area contributed by atoms with Crippen LogP contribution < -0.4 is 5.73 Å². The normalized spacial score (nSPS) is 18.4. The maximum absolute atomic E-state index is 12.2. The van der Waals surface area contributed by atoms with Crippen molar-refractivity contribution in [3.63, 3.8) is 0 Å². The Morgan fingerprint density at radius 3 is 3.00 bits per heavy atom. The number of carboxylic acid groups (broad SMARTS) is 1. The maximum Gasteiger partial charge on any atom is 0.303 e. The molecule has 1 amide bonds. The fourth-order valence-electron chi connectivity index (χ4n) is 2.38. The van der Waals surface area contributed by atoms with Gasteiger partial charge in [-0.1, -0.05) is 5.21 Å². The second kappa shape index (κ2) is 6.47. The third-order valence-electron chi connectivity index (χ3n) is 3.46. The number of amides is 1. The predicted octanol–water partition coefficient (Wildman–Crippen LogP) is -0.436. The smallest absolute Gasteiger partial charge is 0.303 e. The summed E-state index contributed by atoms with van der Waals surface area (Å²) in [6.45, 7) is 2.21. The number of carbonyl (C=O) groups excluding carboxylic acids is 1. The van der Waals surface area contributed by atoms with Crippen LogP contribution in [0.5, 0.6) is 0 Å². The van der Waals surface area contributed by atoms with E-state index in [4.69, 9.17) is 10.8 Å². The summed E-state index contributed by atoms with van der Waals surface area (Å²) in [5.41, 5.74) is 5.73. The van der Waals surface area contributed by atoms with Gasteiger partial charge in [0.05, 0.1) is 12.7 Å². The van der Waals surface area contributed by atoms with Crippen molar-refractivity contribution in [2.45, 2.75) is 25.8 Å². The number of hydrogen-bond acceptors (Lipinski definition) is 5. The van der Waals surface area contributed by atoms with E-state index in [9.17, 15) is 9.59 Å². The number of aromatic nitrogens is 3. The minimum absolute atomic E-state index is 0.147. The summed E-state index contributed by atoms with van der Waals surface area (Å²) in [5, 5.41) is 16.4. The summed E-state index contributed by atoms with van der Waals surface area (Å²) in [5.74, 6) is -0.681.